The first-order chi connectivity index (χ1) is 13.2. The number of carbonyl (C=O) groups excluding carboxylic acids is 1. The molecule has 0 saturated heterocycles. The second-order valence-electron chi connectivity index (χ2n) is 5.96. The molecule has 0 aliphatic carbocycles. The topological polar surface area (TPSA) is 57.6 Å². The highest BCUT2D eigenvalue weighted by Gasteiger charge is 2.24. The number of aromatic nitrogens is 1. The highest BCUT2D eigenvalue weighted by Crippen LogP contribution is 2.32. The lowest BCUT2D eigenvalue weighted by Crippen LogP contribution is -2.19. The van der Waals surface area contributed by atoms with Crippen molar-refractivity contribution in [3.05, 3.63) is 64.7 Å². The van der Waals surface area contributed by atoms with E-state index in [1.54, 1.807) is 38.5 Å². The van der Waals surface area contributed by atoms with Crippen LogP contribution in [0.4, 0.5) is 0 Å². The molecule has 6 heteroatoms. The van der Waals surface area contributed by atoms with Gasteiger partial charge in [-0.15, -0.1) is 11.3 Å². The molecule has 2 aromatic carbocycles. The first-order valence-corrected chi connectivity index (χ1v) is 9.22. The predicted molar refractivity (Wildman–Crippen MR) is 105 cm³/mol. The molecular formula is C21H17NO4S. The predicted octanol–water partition coefficient (Wildman–Crippen LogP) is 4.49. The van der Waals surface area contributed by atoms with Gasteiger partial charge in [0.1, 0.15) is 28.9 Å². The summed E-state index contributed by atoms with van der Waals surface area (Å²) in [5.41, 5.74) is 2.79. The van der Waals surface area contributed by atoms with E-state index in [4.69, 9.17) is 14.2 Å². The van der Waals surface area contributed by atoms with E-state index in [1.165, 1.54) is 11.3 Å². The van der Waals surface area contributed by atoms with E-state index in [2.05, 4.69) is 4.98 Å². The van der Waals surface area contributed by atoms with Crippen molar-refractivity contribution in [2.75, 3.05) is 20.8 Å². The molecule has 1 aromatic heterocycles. The summed E-state index contributed by atoms with van der Waals surface area (Å²) < 4.78 is 16.2. The molecule has 0 fully saturated rings. The van der Waals surface area contributed by atoms with Gasteiger partial charge in [-0.3, -0.25) is 4.79 Å². The van der Waals surface area contributed by atoms with Crippen LogP contribution in [0.1, 0.15) is 16.1 Å². The van der Waals surface area contributed by atoms with E-state index in [0.29, 0.717) is 22.6 Å². The molecule has 1 aliphatic rings. The van der Waals surface area contributed by atoms with E-state index < -0.39 is 0 Å². The monoisotopic (exact) mass is 379 g/mol. The number of hydrogen-bond donors (Lipinski definition) is 0. The standard InChI is InChI=1S/C21H17NO4S/c1-24-16-5-3-4-13(9-16)21-22-15(12-27-21)8-14-11-26-19-7-6-17(25-2)10-18(19)20(14)23/h3-10,12H,11H2,1-2H3. The van der Waals surface area contributed by atoms with Gasteiger partial charge in [-0.05, 0) is 36.4 Å². The molecule has 0 N–H and O–H groups in total. The lowest BCUT2D eigenvalue weighted by Gasteiger charge is -2.19. The number of rotatable bonds is 4. The van der Waals surface area contributed by atoms with Crippen molar-refractivity contribution in [1.82, 2.24) is 4.98 Å². The molecule has 1 aliphatic heterocycles. The number of fused-ring (bicyclic) bond motifs is 1. The molecule has 3 aromatic rings. The summed E-state index contributed by atoms with van der Waals surface area (Å²) in [5, 5.41) is 2.79. The Morgan fingerprint density at radius 1 is 1.11 bits per heavy atom. The van der Waals surface area contributed by atoms with E-state index in [1.807, 2.05) is 29.6 Å². The van der Waals surface area contributed by atoms with Crippen molar-refractivity contribution in [2.24, 2.45) is 0 Å². The largest absolute Gasteiger partial charge is 0.497 e. The van der Waals surface area contributed by atoms with Gasteiger partial charge in [0, 0.05) is 16.5 Å². The molecule has 0 amide bonds. The molecule has 2 heterocycles. The van der Waals surface area contributed by atoms with Gasteiger partial charge in [-0.25, -0.2) is 4.98 Å². The van der Waals surface area contributed by atoms with E-state index in [9.17, 15) is 4.79 Å². The fourth-order valence-electron chi connectivity index (χ4n) is 2.86. The molecule has 0 atom stereocenters. The summed E-state index contributed by atoms with van der Waals surface area (Å²) in [7, 11) is 3.21. The third kappa shape index (κ3) is 3.44. The van der Waals surface area contributed by atoms with Crippen LogP contribution in [0.5, 0.6) is 17.2 Å². The number of Topliss-reactive ketones (excluding diaryl/α,β-unsaturated/α-hetero) is 1. The minimum Gasteiger partial charge on any atom is -0.497 e. The van der Waals surface area contributed by atoms with Gasteiger partial charge >= 0.3 is 0 Å². The van der Waals surface area contributed by atoms with Gasteiger partial charge in [0.25, 0.3) is 0 Å². The van der Waals surface area contributed by atoms with E-state index >= 15 is 0 Å². The van der Waals surface area contributed by atoms with Crippen molar-refractivity contribution in [3.8, 4) is 27.8 Å². The van der Waals surface area contributed by atoms with Crippen LogP contribution in [-0.4, -0.2) is 31.6 Å². The molecule has 5 nitrogen and oxygen atoms in total. The maximum Gasteiger partial charge on any atom is 0.196 e. The molecule has 0 saturated carbocycles. The van der Waals surface area contributed by atoms with Crippen molar-refractivity contribution in [3.63, 3.8) is 0 Å². The molecule has 0 spiro atoms. The van der Waals surface area contributed by atoms with Crippen LogP contribution >= 0.6 is 11.3 Å². The van der Waals surface area contributed by atoms with Gasteiger partial charge in [-0.2, -0.15) is 0 Å². The molecule has 0 bridgehead atoms. The third-order valence-electron chi connectivity index (χ3n) is 4.27. The Kier molecular flexibility index (Phi) is 4.64. The van der Waals surface area contributed by atoms with Gasteiger partial charge in [-0.1, -0.05) is 12.1 Å². The minimum absolute atomic E-state index is 0.0638. The van der Waals surface area contributed by atoms with Crippen LogP contribution in [0.15, 0.2) is 53.4 Å². The maximum absolute atomic E-state index is 12.8. The van der Waals surface area contributed by atoms with Crippen LogP contribution in [0.3, 0.4) is 0 Å². The first-order valence-electron chi connectivity index (χ1n) is 8.34. The number of carbonyl (C=O) groups is 1. The molecule has 27 heavy (non-hydrogen) atoms. The van der Waals surface area contributed by atoms with Crippen LogP contribution in [-0.2, 0) is 0 Å². The average molecular weight is 379 g/mol. The van der Waals surface area contributed by atoms with Gasteiger partial charge < -0.3 is 14.2 Å². The van der Waals surface area contributed by atoms with Crippen molar-refractivity contribution >= 4 is 23.2 Å². The Hall–Kier alpha value is -3.12. The molecule has 0 radical (unpaired) electrons. The van der Waals surface area contributed by atoms with Crippen LogP contribution in [0.25, 0.3) is 16.6 Å². The Morgan fingerprint density at radius 2 is 1.93 bits per heavy atom. The molecule has 0 unspecified atom stereocenters. The van der Waals surface area contributed by atoms with Gasteiger partial charge in [0.05, 0.1) is 25.5 Å². The minimum atomic E-state index is -0.0638. The highest BCUT2D eigenvalue weighted by atomic mass is 32.1. The van der Waals surface area contributed by atoms with E-state index in [-0.39, 0.29) is 12.4 Å². The zero-order valence-corrected chi connectivity index (χ0v) is 15.7. The summed E-state index contributed by atoms with van der Waals surface area (Å²) in [4.78, 5) is 17.4. The fourth-order valence-corrected chi connectivity index (χ4v) is 3.63. The molecule has 136 valence electrons. The normalized spacial score (nSPS) is 14.6. The Morgan fingerprint density at radius 3 is 2.74 bits per heavy atom. The number of methoxy groups -OCH3 is 2. The zero-order chi connectivity index (χ0) is 18.8. The third-order valence-corrected chi connectivity index (χ3v) is 5.18. The lowest BCUT2D eigenvalue weighted by molar-refractivity contribution is 0.100. The maximum atomic E-state index is 12.8. The van der Waals surface area contributed by atoms with Crippen molar-refractivity contribution < 1.29 is 19.0 Å². The highest BCUT2D eigenvalue weighted by molar-refractivity contribution is 7.13. The Bertz CT molecular complexity index is 1040. The lowest BCUT2D eigenvalue weighted by atomic mass is 9.99. The van der Waals surface area contributed by atoms with E-state index in [0.717, 1.165) is 22.0 Å². The van der Waals surface area contributed by atoms with Crippen LogP contribution < -0.4 is 14.2 Å². The first kappa shape index (κ1) is 17.3. The second-order valence-corrected chi connectivity index (χ2v) is 6.82. The van der Waals surface area contributed by atoms with Crippen molar-refractivity contribution in [2.45, 2.75) is 0 Å². The summed E-state index contributed by atoms with van der Waals surface area (Å²) in [6.07, 6.45) is 1.78. The van der Waals surface area contributed by atoms with Gasteiger partial charge in [0.15, 0.2) is 5.78 Å². The summed E-state index contributed by atoms with van der Waals surface area (Å²) in [5.74, 6) is 1.92. The number of thiazole rings is 1. The smallest absolute Gasteiger partial charge is 0.196 e. The number of hydrogen-bond acceptors (Lipinski definition) is 6. The molecule has 4 rings (SSSR count). The Balaban J connectivity index is 1.62. The number of nitrogens with zero attached hydrogens (tertiary/aromatic N) is 1. The van der Waals surface area contributed by atoms with Crippen molar-refractivity contribution in [1.29, 1.82) is 0 Å². The number of ether oxygens (including phenoxy) is 3. The second kappa shape index (κ2) is 7.25. The summed E-state index contributed by atoms with van der Waals surface area (Å²) >= 11 is 1.52. The summed E-state index contributed by atoms with van der Waals surface area (Å²) in [6, 6.07) is 13.0. The zero-order valence-electron chi connectivity index (χ0n) is 14.9. The molecular weight excluding hydrogens is 362 g/mol. The van der Waals surface area contributed by atoms with Crippen LogP contribution in [0, 0.1) is 0 Å². The summed E-state index contributed by atoms with van der Waals surface area (Å²) in [6.45, 7) is 0.226. The Labute approximate surface area is 160 Å². The fraction of sp³-hybridized carbons (Fsp3) is 0.143. The number of benzene rings is 2. The quantitative estimate of drug-likeness (QED) is 0.625. The average Bonchev–Trinajstić information content (AvgIpc) is 3.18. The van der Waals surface area contributed by atoms with Gasteiger partial charge in [0.2, 0.25) is 0 Å². The van der Waals surface area contributed by atoms with Crippen LogP contribution in [0.2, 0.25) is 0 Å². The SMILES string of the molecule is COc1cccc(-c2nc(C=C3COc4ccc(OC)cc4C3=O)cs2)c1. The number of ketones is 1.